The van der Waals surface area contributed by atoms with E-state index in [1.165, 1.54) is 5.56 Å². The highest BCUT2D eigenvalue weighted by Gasteiger charge is 2.15. The van der Waals surface area contributed by atoms with E-state index in [1.807, 2.05) is 6.07 Å². The fourth-order valence-corrected chi connectivity index (χ4v) is 2.52. The summed E-state index contributed by atoms with van der Waals surface area (Å²) in [6.07, 6.45) is 1.04. The molecule has 15 heavy (non-hydrogen) atoms. The maximum Gasteiger partial charge on any atom is 0.183 e. The van der Waals surface area contributed by atoms with Crippen molar-refractivity contribution in [2.45, 2.75) is 30.9 Å². The molecule has 0 aliphatic rings. The van der Waals surface area contributed by atoms with Crippen LogP contribution >= 0.6 is 15.9 Å². The predicted octanol–water partition coefficient (Wildman–Crippen LogP) is 4.36. The minimum Gasteiger partial charge on any atom is -0.418 e. The van der Waals surface area contributed by atoms with Crippen LogP contribution in [0.25, 0.3) is 0 Å². The smallest absolute Gasteiger partial charge is 0.183 e. The second-order valence-electron chi connectivity index (χ2n) is 4.63. The third-order valence-corrected chi connectivity index (χ3v) is 4.12. The van der Waals surface area contributed by atoms with Crippen LogP contribution in [-0.2, 0) is 4.43 Å². The van der Waals surface area contributed by atoms with E-state index in [0.717, 1.165) is 13.0 Å². The van der Waals surface area contributed by atoms with Crippen molar-refractivity contribution >= 4 is 24.2 Å². The number of rotatable bonds is 5. The SMILES string of the molecule is C[Si](C)(C)OCCC(Br)c1ccccc1. The lowest BCUT2D eigenvalue weighted by atomic mass is 10.1. The van der Waals surface area contributed by atoms with Crippen molar-refractivity contribution in [1.82, 2.24) is 0 Å². The average Bonchev–Trinajstić information content (AvgIpc) is 2.17. The lowest BCUT2D eigenvalue weighted by molar-refractivity contribution is 0.304. The van der Waals surface area contributed by atoms with Gasteiger partial charge in [0.25, 0.3) is 0 Å². The molecule has 0 N–H and O–H groups in total. The van der Waals surface area contributed by atoms with Crippen LogP contribution in [0, 0.1) is 0 Å². The molecule has 1 aromatic rings. The van der Waals surface area contributed by atoms with Crippen molar-refractivity contribution in [3.63, 3.8) is 0 Å². The van der Waals surface area contributed by atoms with Crippen molar-refractivity contribution in [2.75, 3.05) is 6.61 Å². The fourth-order valence-electron chi connectivity index (χ4n) is 1.30. The molecule has 0 aromatic heterocycles. The highest BCUT2D eigenvalue weighted by atomic mass is 79.9. The Morgan fingerprint density at radius 3 is 2.33 bits per heavy atom. The number of alkyl halides is 1. The molecular formula is C12H19BrOSi. The van der Waals surface area contributed by atoms with Gasteiger partial charge in [0.05, 0.1) is 0 Å². The lowest BCUT2D eigenvalue weighted by Crippen LogP contribution is -2.26. The molecule has 0 radical (unpaired) electrons. The van der Waals surface area contributed by atoms with Gasteiger partial charge in [-0.2, -0.15) is 0 Å². The van der Waals surface area contributed by atoms with E-state index in [-0.39, 0.29) is 0 Å². The van der Waals surface area contributed by atoms with Crippen molar-refractivity contribution in [1.29, 1.82) is 0 Å². The molecule has 3 heteroatoms. The second-order valence-corrected chi connectivity index (χ2v) is 10.2. The summed E-state index contributed by atoms with van der Waals surface area (Å²) < 4.78 is 5.83. The Balaban J connectivity index is 2.34. The van der Waals surface area contributed by atoms with Gasteiger partial charge < -0.3 is 4.43 Å². The molecule has 1 rings (SSSR count). The van der Waals surface area contributed by atoms with Crippen LogP contribution in [-0.4, -0.2) is 14.9 Å². The average molecular weight is 287 g/mol. The van der Waals surface area contributed by atoms with Crippen LogP contribution < -0.4 is 0 Å². The highest BCUT2D eigenvalue weighted by Crippen LogP contribution is 2.26. The summed E-state index contributed by atoms with van der Waals surface area (Å²) in [6, 6.07) is 10.5. The zero-order valence-electron chi connectivity index (χ0n) is 9.66. The molecule has 1 atom stereocenters. The molecule has 0 saturated carbocycles. The Labute approximate surface area is 102 Å². The fraction of sp³-hybridized carbons (Fsp3) is 0.500. The Kier molecular flexibility index (Phi) is 5.03. The molecule has 0 aliphatic carbocycles. The number of hydrogen-bond donors (Lipinski definition) is 0. The number of benzene rings is 1. The van der Waals surface area contributed by atoms with Crippen LogP contribution in [0.5, 0.6) is 0 Å². The summed E-state index contributed by atoms with van der Waals surface area (Å²) in [7, 11) is -1.35. The quantitative estimate of drug-likeness (QED) is 0.577. The molecule has 0 spiro atoms. The Morgan fingerprint density at radius 1 is 1.20 bits per heavy atom. The van der Waals surface area contributed by atoms with Gasteiger partial charge in [-0.1, -0.05) is 46.3 Å². The van der Waals surface area contributed by atoms with E-state index in [9.17, 15) is 0 Å². The largest absolute Gasteiger partial charge is 0.418 e. The van der Waals surface area contributed by atoms with Crippen LogP contribution in [0.1, 0.15) is 16.8 Å². The molecule has 1 unspecified atom stereocenters. The van der Waals surface area contributed by atoms with Crippen molar-refractivity contribution in [3.05, 3.63) is 35.9 Å². The summed E-state index contributed by atoms with van der Waals surface area (Å²) in [5.41, 5.74) is 1.33. The molecule has 0 heterocycles. The van der Waals surface area contributed by atoms with Crippen LogP contribution in [0.4, 0.5) is 0 Å². The molecule has 0 fully saturated rings. The summed E-state index contributed by atoms with van der Waals surface area (Å²) in [6.45, 7) is 7.51. The van der Waals surface area contributed by atoms with Crippen LogP contribution in [0.3, 0.4) is 0 Å². The Bertz CT molecular complexity index is 281. The topological polar surface area (TPSA) is 9.23 Å². The van der Waals surface area contributed by atoms with Crippen LogP contribution in [0.15, 0.2) is 30.3 Å². The van der Waals surface area contributed by atoms with Crippen molar-refractivity contribution < 1.29 is 4.43 Å². The first kappa shape index (κ1) is 12.9. The first-order chi connectivity index (χ1) is 6.99. The van der Waals surface area contributed by atoms with E-state index < -0.39 is 8.32 Å². The zero-order chi connectivity index (χ0) is 11.3. The minimum atomic E-state index is -1.35. The maximum atomic E-state index is 5.83. The number of halogens is 1. The molecule has 0 saturated heterocycles. The molecular weight excluding hydrogens is 268 g/mol. The van der Waals surface area contributed by atoms with Gasteiger partial charge in [-0.05, 0) is 31.6 Å². The highest BCUT2D eigenvalue weighted by molar-refractivity contribution is 9.09. The summed E-state index contributed by atoms with van der Waals surface area (Å²) in [4.78, 5) is 0.412. The molecule has 1 aromatic carbocycles. The zero-order valence-corrected chi connectivity index (χ0v) is 12.3. The van der Waals surface area contributed by atoms with E-state index in [4.69, 9.17) is 4.43 Å². The first-order valence-electron chi connectivity index (χ1n) is 5.32. The van der Waals surface area contributed by atoms with Gasteiger partial charge >= 0.3 is 0 Å². The molecule has 84 valence electrons. The monoisotopic (exact) mass is 286 g/mol. The second kappa shape index (κ2) is 5.82. The van der Waals surface area contributed by atoms with Gasteiger partial charge in [-0.3, -0.25) is 0 Å². The summed E-state index contributed by atoms with van der Waals surface area (Å²) >= 11 is 3.69. The third kappa shape index (κ3) is 5.49. The Morgan fingerprint density at radius 2 is 1.80 bits per heavy atom. The van der Waals surface area contributed by atoms with Crippen LogP contribution in [0.2, 0.25) is 19.6 Å². The Hall–Kier alpha value is -0.123. The molecule has 0 amide bonds. The van der Waals surface area contributed by atoms with E-state index in [0.29, 0.717) is 4.83 Å². The summed E-state index contributed by atoms with van der Waals surface area (Å²) in [5.74, 6) is 0. The van der Waals surface area contributed by atoms with Gasteiger partial charge in [-0.15, -0.1) is 0 Å². The predicted molar refractivity (Wildman–Crippen MR) is 72.0 cm³/mol. The standard InChI is InChI=1S/C12H19BrOSi/c1-15(2,3)14-10-9-12(13)11-7-5-4-6-8-11/h4-8,12H,9-10H2,1-3H3. The van der Waals surface area contributed by atoms with Gasteiger partial charge in [0.2, 0.25) is 0 Å². The van der Waals surface area contributed by atoms with Gasteiger partial charge in [0.1, 0.15) is 0 Å². The summed E-state index contributed by atoms with van der Waals surface area (Å²) in [5, 5.41) is 0. The minimum absolute atomic E-state index is 0.412. The molecule has 1 nitrogen and oxygen atoms in total. The first-order valence-corrected chi connectivity index (χ1v) is 9.64. The van der Waals surface area contributed by atoms with Crippen molar-refractivity contribution in [2.24, 2.45) is 0 Å². The normalized spacial score (nSPS) is 13.9. The van der Waals surface area contributed by atoms with Gasteiger partial charge in [0.15, 0.2) is 8.32 Å². The number of hydrogen-bond acceptors (Lipinski definition) is 1. The maximum absolute atomic E-state index is 5.83. The molecule has 0 bridgehead atoms. The lowest BCUT2D eigenvalue weighted by Gasteiger charge is -2.18. The van der Waals surface area contributed by atoms with E-state index in [1.54, 1.807) is 0 Å². The molecule has 0 aliphatic heterocycles. The van der Waals surface area contributed by atoms with E-state index >= 15 is 0 Å². The van der Waals surface area contributed by atoms with Gasteiger partial charge in [-0.25, -0.2) is 0 Å². The van der Waals surface area contributed by atoms with Gasteiger partial charge in [0, 0.05) is 11.4 Å². The third-order valence-electron chi connectivity index (χ3n) is 2.07. The van der Waals surface area contributed by atoms with Crippen molar-refractivity contribution in [3.8, 4) is 0 Å². The van der Waals surface area contributed by atoms with E-state index in [2.05, 4.69) is 59.8 Å².